The molecule has 2 rings (SSSR count). The molecule has 2 aromatic rings. The molecule has 0 radical (unpaired) electrons. The minimum absolute atomic E-state index is 0.0585. The van der Waals surface area contributed by atoms with Crippen LogP contribution in [0.2, 0.25) is 0 Å². The molecule has 27 heavy (non-hydrogen) atoms. The lowest BCUT2D eigenvalue weighted by Gasteiger charge is -2.06. The highest BCUT2D eigenvalue weighted by Crippen LogP contribution is 2.13. The molecule has 0 aliphatic rings. The van der Waals surface area contributed by atoms with E-state index in [2.05, 4.69) is 4.72 Å². The number of esters is 1. The number of carbonyl (C=O) groups is 2. The van der Waals surface area contributed by atoms with Crippen molar-refractivity contribution in [2.45, 2.75) is 17.7 Å². The van der Waals surface area contributed by atoms with Gasteiger partial charge in [-0.25, -0.2) is 21.9 Å². The van der Waals surface area contributed by atoms with Crippen LogP contribution in [0.5, 0.6) is 0 Å². The Labute approximate surface area is 155 Å². The average Bonchev–Trinajstić information content (AvgIpc) is 2.66. The Morgan fingerprint density at radius 3 is 2.37 bits per heavy atom. The molecule has 0 heterocycles. The first-order chi connectivity index (χ1) is 12.7. The molecule has 0 bridgehead atoms. The quantitative estimate of drug-likeness (QED) is 0.545. The zero-order valence-electron chi connectivity index (χ0n) is 14.4. The van der Waals surface area contributed by atoms with Gasteiger partial charge in [0.05, 0.1) is 10.5 Å². The predicted molar refractivity (Wildman–Crippen MR) is 92.7 cm³/mol. The van der Waals surface area contributed by atoms with Crippen molar-refractivity contribution in [1.29, 1.82) is 0 Å². The van der Waals surface area contributed by atoms with Gasteiger partial charge in [-0.1, -0.05) is 12.1 Å². The molecular formula is C18H17F2NO5S. The molecular weight excluding hydrogens is 380 g/mol. The van der Waals surface area contributed by atoms with Crippen LogP contribution in [0.15, 0.2) is 47.4 Å². The minimum Gasteiger partial charge on any atom is -0.457 e. The molecule has 0 fully saturated rings. The van der Waals surface area contributed by atoms with Gasteiger partial charge in [0.2, 0.25) is 15.8 Å². The largest absolute Gasteiger partial charge is 0.457 e. The Kier molecular flexibility index (Phi) is 6.75. The minimum atomic E-state index is -3.53. The van der Waals surface area contributed by atoms with E-state index in [0.29, 0.717) is 5.56 Å². The maximum Gasteiger partial charge on any atom is 0.306 e. The number of sulfonamides is 1. The lowest BCUT2D eigenvalue weighted by atomic mass is 10.1. The van der Waals surface area contributed by atoms with Gasteiger partial charge in [0.15, 0.2) is 6.61 Å². The molecule has 2 aromatic carbocycles. The number of aryl methyl sites for hydroxylation is 1. The summed E-state index contributed by atoms with van der Waals surface area (Å²) >= 11 is 0. The number of carbonyl (C=O) groups excluding carboxylic acids is 2. The zero-order chi connectivity index (χ0) is 20.0. The second-order valence-corrected chi connectivity index (χ2v) is 7.45. The van der Waals surface area contributed by atoms with E-state index in [9.17, 15) is 26.8 Å². The molecule has 0 amide bonds. The number of rotatable bonds is 8. The zero-order valence-corrected chi connectivity index (χ0v) is 15.2. The van der Waals surface area contributed by atoms with E-state index in [1.165, 1.54) is 19.2 Å². The molecule has 0 spiro atoms. The van der Waals surface area contributed by atoms with Crippen molar-refractivity contribution in [2.24, 2.45) is 0 Å². The third-order valence-electron chi connectivity index (χ3n) is 3.71. The number of Topliss-reactive ketones (excluding diaryl/α,β-unsaturated/α-hetero) is 1. The third kappa shape index (κ3) is 5.66. The standard InChI is InChI=1S/C18H17F2NO5S/c1-21-27(24,25)14-6-2-12(3-7-14)4-9-18(23)26-11-17(22)15-10-13(19)5-8-16(15)20/h2-3,5-8,10,21H,4,9,11H2,1H3. The van der Waals surface area contributed by atoms with Gasteiger partial charge in [0.25, 0.3) is 0 Å². The Morgan fingerprint density at radius 1 is 1.07 bits per heavy atom. The predicted octanol–water partition coefficient (Wildman–Crippen LogP) is 2.23. The summed E-state index contributed by atoms with van der Waals surface area (Å²) in [6.07, 6.45) is 0.207. The fourth-order valence-electron chi connectivity index (χ4n) is 2.21. The second kappa shape index (κ2) is 8.83. The van der Waals surface area contributed by atoms with E-state index in [1.54, 1.807) is 12.1 Å². The molecule has 0 unspecified atom stereocenters. The normalized spacial score (nSPS) is 11.2. The van der Waals surface area contributed by atoms with Crippen LogP contribution >= 0.6 is 0 Å². The third-order valence-corrected chi connectivity index (χ3v) is 5.14. The van der Waals surface area contributed by atoms with Gasteiger partial charge >= 0.3 is 5.97 Å². The molecule has 9 heteroatoms. The average molecular weight is 397 g/mol. The summed E-state index contributed by atoms with van der Waals surface area (Å²) in [7, 11) is -2.23. The summed E-state index contributed by atoms with van der Waals surface area (Å²) in [6, 6.07) is 8.38. The van der Waals surface area contributed by atoms with E-state index in [0.717, 1.165) is 18.2 Å². The van der Waals surface area contributed by atoms with Gasteiger partial charge in [-0.05, 0) is 49.4 Å². The number of ketones is 1. The summed E-state index contributed by atoms with van der Waals surface area (Å²) in [5, 5.41) is 0. The van der Waals surface area contributed by atoms with Crippen molar-refractivity contribution in [3.8, 4) is 0 Å². The van der Waals surface area contributed by atoms with Gasteiger partial charge in [-0.3, -0.25) is 9.59 Å². The first kappa shape index (κ1) is 20.7. The van der Waals surface area contributed by atoms with Crippen LogP contribution in [0, 0.1) is 11.6 Å². The lowest BCUT2D eigenvalue weighted by Crippen LogP contribution is -2.18. The Hall–Kier alpha value is -2.65. The molecule has 0 saturated heterocycles. The van der Waals surface area contributed by atoms with Crippen LogP contribution in [0.1, 0.15) is 22.3 Å². The first-order valence-corrected chi connectivity index (χ1v) is 9.37. The molecule has 1 N–H and O–H groups in total. The van der Waals surface area contributed by atoms with Crippen molar-refractivity contribution < 1.29 is 31.5 Å². The Bertz CT molecular complexity index is 943. The van der Waals surface area contributed by atoms with Crippen molar-refractivity contribution >= 4 is 21.8 Å². The number of nitrogens with one attached hydrogen (secondary N) is 1. The Morgan fingerprint density at radius 2 is 1.74 bits per heavy atom. The maximum atomic E-state index is 13.5. The van der Waals surface area contributed by atoms with Crippen molar-refractivity contribution in [2.75, 3.05) is 13.7 Å². The molecule has 0 atom stereocenters. The van der Waals surface area contributed by atoms with Gasteiger partial charge in [0.1, 0.15) is 11.6 Å². The van der Waals surface area contributed by atoms with Crippen molar-refractivity contribution in [1.82, 2.24) is 4.72 Å². The number of ether oxygens (including phenoxy) is 1. The van der Waals surface area contributed by atoms with Crippen LogP contribution < -0.4 is 4.72 Å². The summed E-state index contributed by atoms with van der Waals surface area (Å²) in [4.78, 5) is 23.6. The molecule has 0 aromatic heterocycles. The monoisotopic (exact) mass is 397 g/mol. The first-order valence-electron chi connectivity index (χ1n) is 7.89. The fraction of sp³-hybridized carbons (Fsp3) is 0.222. The van der Waals surface area contributed by atoms with E-state index >= 15 is 0 Å². The van der Waals surface area contributed by atoms with Crippen LogP contribution in [-0.2, 0) is 26.0 Å². The second-order valence-electron chi connectivity index (χ2n) is 5.56. The van der Waals surface area contributed by atoms with E-state index in [1.807, 2.05) is 0 Å². The highest BCUT2D eigenvalue weighted by Gasteiger charge is 2.15. The van der Waals surface area contributed by atoms with Crippen molar-refractivity contribution in [3.05, 3.63) is 65.2 Å². The van der Waals surface area contributed by atoms with Gasteiger partial charge in [-0.15, -0.1) is 0 Å². The molecule has 0 aliphatic heterocycles. The topological polar surface area (TPSA) is 89.5 Å². The number of halogens is 2. The summed E-state index contributed by atoms with van der Waals surface area (Å²) < 4.78 is 56.8. The lowest BCUT2D eigenvalue weighted by molar-refractivity contribution is -0.142. The Balaban J connectivity index is 1.86. The van der Waals surface area contributed by atoms with E-state index in [4.69, 9.17) is 4.74 Å². The van der Waals surface area contributed by atoms with E-state index < -0.39 is 45.6 Å². The molecule has 0 aliphatic carbocycles. The maximum absolute atomic E-state index is 13.5. The number of hydrogen-bond donors (Lipinski definition) is 1. The molecule has 0 saturated carbocycles. The van der Waals surface area contributed by atoms with Crippen LogP contribution in [0.25, 0.3) is 0 Å². The number of benzene rings is 2. The van der Waals surface area contributed by atoms with Gasteiger partial charge in [-0.2, -0.15) is 0 Å². The summed E-state index contributed by atoms with van der Waals surface area (Å²) in [6.45, 7) is -0.696. The number of hydrogen-bond acceptors (Lipinski definition) is 5. The van der Waals surface area contributed by atoms with Gasteiger partial charge < -0.3 is 4.74 Å². The fourth-order valence-corrected chi connectivity index (χ4v) is 2.94. The van der Waals surface area contributed by atoms with Crippen LogP contribution in [0.3, 0.4) is 0 Å². The van der Waals surface area contributed by atoms with Crippen LogP contribution in [-0.4, -0.2) is 33.8 Å². The van der Waals surface area contributed by atoms with Crippen LogP contribution in [0.4, 0.5) is 8.78 Å². The summed E-state index contributed by atoms with van der Waals surface area (Å²) in [5.74, 6) is -3.20. The van der Waals surface area contributed by atoms with Gasteiger partial charge in [0, 0.05) is 6.42 Å². The highest BCUT2D eigenvalue weighted by atomic mass is 32.2. The molecule has 6 nitrogen and oxygen atoms in total. The summed E-state index contributed by atoms with van der Waals surface area (Å²) in [5.41, 5.74) is 0.216. The SMILES string of the molecule is CNS(=O)(=O)c1ccc(CCC(=O)OCC(=O)c2cc(F)ccc2F)cc1. The highest BCUT2D eigenvalue weighted by molar-refractivity contribution is 7.89. The smallest absolute Gasteiger partial charge is 0.306 e. The van der Waals surface area contributed by atoms with E-state index in [-0.39, 0.29) is 17.7 Å². The molecule has 144 valence electrons. The van der Waals surface area contributed by atoms with Crippen molar-refractivity contribution in [3.63, 3.8) is 0 Å².